The molecule has 0 aliphatic carbocycles. The molecular formula is C13H14N4O3S2. The van der Waals surface area contributed by atoms with Crippen molar-refractivity contribution in [3.05, 3.63) is 41.7 Å². The first-order valence-electron chi connectivity index (χ1n) is 6.50. The molecule has 0 amide bonds. The molecule has 9 heteroatoms. The topological polar surface area (TPSA) is 85.6 Å². The third-order valence-corrected chi connectivity index (χ3v) is 5.53. The number of nitrogens with zero attached hydrogens (tertiary/aromatic N) is 3. The number of hydrogen-bond acceptors (Lipinski definition) is 6. The molecule has 3 aromatic rings. The maximum atomic E-state index is 12.2. The number of aromatic nitrogens is 3. The molecule has 116 valence electrons. The van der Waals surface area contributed by atoms with Crippen LogP contribution in [0.2, 0.25) is 0 Å². The van der Waals surface area contributed by atoms with E-state index in [1.807, 2.05) is 9.78 Å². The van der Waals surface area contributed by atoms with Gasteiger partial charge < -0.3 is 4.74 Å². The van der Waals surface area contributed by atoms with E-state index in [2.05, 4.69) is 14.9 Å². The number of thiazole rings is 1. The van der Waals surface area contributed by atoms with Gasteiger partial charge in [0.05, 0.1) is 12.0 Å². The summed E-state index contributed by atoms with van der Waals surface area (Å²) in [5.41, 5.74) is 0.974. The summed E-state index contributed by atoms with van der Waals surface area (Å²) >= 11 is 1.48. The fourth-order valence-corrected chi connectivity index (χ4v) is 3.89. The van der Waals surface area contributed by atoms with Crippen molar-refractivity contribution in [2.24, 2.45) is 0 Å². The van der Waals surface area contributed by atoms with Gasteiger partial charge in [-0.25, -0.2) is 13.1 Å². The largest absolute Gasteiger partial charge is 0.497 e. The van der Waals surface area contributed by atoms with E-state index >= 15 is 0 Å². The molecular weight excluding hydrogens is 324 g/mol. The molecule has 0 atom stereocenters. The maximum absolute atomic E-state index is 12.2. The average molecular weight is 338 g/mol. The van der Waals surface area contributed by atoms with Crippen LogP contribution in [0, 0.1) is 0 Å². The molecule has 0 spiro atoms. The van der Waals surface area contributed by atoms with Gasteiger partial charge in [0, 0.05) is 24.0 Å². The third-order valence-electron chi connectivity index (χ3n) is 3.17. The lowest BCUT2D eigenvalue weighted by Crippen LogP contribution is -2.26. The highest BCUT2D eigenvalue weighted by Gasteiger charge is 2.14. The Kier molecular flexibility index (Phi) is 4.10. The maximum Gasteiger partial charge on any atom is 0.240 e. The van der Waals surface area contributed by atoms with Crippen LogP contribution in [-0.2, 0) is 16.4 Å². The first-order valence-corrected chi connectivity index (χ1v) is 8.86. The second kappa shape index (κ2) is 6.03. The van der Waals surface area contributed by atoms with Crippen LogP contribution < -0.4 is 9.46 Å². The molecule has 1 aromatic carbocycles. The molecule has 7 nitrogen and oxygen atoms in total. The van der Waals surface area contributed by atoms with E-state index in [9.17, 15) is 8.42 Å². The lowest BCUT2D eigenvalue weighted by molar-refractivity contribution is 0.414. The standard InChI is InChI=1S/C13H14N4O3S2/c1-20-11-2-4-12(5-3-11)22(18,19)15-7-6-10-8-21-13-16-14-9-17(10)13/h2-5,8-9,15H,6-7H2,1H3. The SMILES string of the molecule is COc1ccc(S(=O)(=O)NCCc2csc3nncn23)cc1. The summed E-state index contributed by atoms with van der Waals surface area (Å²) in [6.07, 6.45) is 2.19. The van der Waals surface area contributed by atoms with Gasteiger partial charge in [-0.2, -0.15) is 0 Å². The Morgan fingerprint density at radius 2 is 2.09 bits per heavy atom. The number of sulfonamides is 1. The highest BCUT2D eigenvalue weighted by Crippen LogP contribution is 2.16. The number of hydrogen-bond donors (Lipinski definition) is 1. The van der Waals surface area contributed by atoms with Crippen LogP contribution in [0.15, 0.2) is 40.9 Å². The zero-order valence-electron chi connectivity index (χ0n) is 11.8. The molecule has 0 unspecified atom stereocenters. The summed E-state index contributed by atoms with van der Waals surface area (Å²) in [4.78, 5) is 1.01. The lowest BCUT2D eigenvalue weighted by atomic mass is 10.3. The van der Waals surface area contributed by atoms with E-state index in [1.165, 1.54) is 30.6 Å². The molecule has 2 heterocycles. The van der Waals surface area contributed by atoms with E-state index in [4.69, 9.17) is 4.74 Å². The number of benzene rings is 1. The van der Waals surface area contributed by atoms with Crippen LogP contribution in [-0.4, -0.2) is 36.7 Å². The lowest BCUT2D eigenvalue weighted by Gasteiger charge is -2.07. The van der Waals surface area contributed by atoms with Crippen LogP contribution in [0.25, 0.3) is 4.96 Å². The molecule has 0 bridgehead atoms. The Balaban J connectivity index is 1.65. The quantitative estimate of drug-likeness (QED) is 0.733. The van der Waals surface area contributed by atoms with E-state index in [1.54, 1.807) is 18.5 Å². The van der Waals surface area contributed by atoms with Gasteiger partial charge in [-0.05, 0) is 24.3 Å². The highest BCUT2D eigenvalue weighted by atomic mass is 32.2. The van der Waals surface area contributed by atoms with Gasteiger partial charge in [-0.3, -0.25) is 4.40 Å². The van der Waals surface area contributed by atoms with Crippen molar-refractivity contribution in [3.8, 4) is 5.75 Å². The molecule has 0 aliphatic heterocycles. The third kappa shape index (κ3) is 2.96. The molecule has 3 rings (SSSR count). The molecule has 2 aromatic heterocycles. The van der Waals surface area contributed by atoms with Gasteiger partial charge in [-0.15, -0.1) is 21.5 Å². The van der Waals surface area contributed by atoms with Crippen LogP contribution in [0.1, 0.15) is 5.69 Å². The number of fused-ring (bicyclic) bond motifs is 1. The number of nitrogens with one attached hydrogen (secondary N) is 1. The normalized spacial score (nSPS) is 11.9. The number of rotatable bonds is 6. The molecule has 0 fully saturated rings. The Morgan fingerprint density at radius 1 is 1.32 bits per heavy atom. The van der Waals surface area contributed by atoms with Crippen molar-refractivity contribution in [2.45, 2.75) is 11.3 Å². The van der Waals surface area contributed by atoms with Gasteiger partial charge in [0.2, 0.25) is 15.0 Å². The molecule has 0 saturated carbocycles. The van der Waals surface area contributed by atoms with Crippen LogP contribution in [0.5, 0.6) is 5.75 Å². The predicted octanol–water partition coefficient (Wildman–Crippen LogP) is 1.32. The molecule has 22 heavy (non-hydrogen) atoms. The Hall–Kier alpha value is -1.97. The summed E-state index contributed by atoms with van der Waals surface area (Å²) in [6.45, 7) is 0.304. The zero-order valence-corrected chi connectivity index (χ0v) is 13.4. The average Bonchev–Trinajstić information content (AvgIpc) is 3.12. The van der Waals surface area contributed by atoms with Gasteiger partial charge in [0.1, 0.15) is 12.1 Å². The van der Waals surface area contributed by atoms with E-state index in [0.29, 0.717) is 18.7 Å². The Morgan fingerprint density at radius 3 is 2.82 bits per heavy atom. The minimum atomic E-state index is -3.52. The first-order chi connectivity index (χ1) is 10.6. The summed E-state index contributed by atoms with van der Waals surface area (Å²) in [7, 11) is -1.99. The van der Waals surface area contributed by atoms with Gasteiger partial charge in [0.25, 0.3) is 0 Å². The summed E-state index contributed by atoms with van der Waals surface area (Å²) < 4.78 is 33.8. The summed E-state index contributed by atoms with van der Waals surface area (Å²) in [5.74, 6) is 0.618. The van der Waals surface area contributed by atoms with E-state index in [-0.39, 0.29) is 4.90 Å². The Bertz CT molecular complexity index is 868. The minimum absolute atomic E-state index is 0.216. The second-order valence-corrected chi connectivity index (χ2v) is 7.14. The van der Waals surface area contributed by atoms with E-state index in [0.717, 1.165) is 10.7 Å². The predicted molar refractivity (Wildman–Crippen MR) is 82.8 cm³/mol. The molecule has 1 N–H and O–H groups in total. The first kappa shape index (κ1) is 14.9. The monoisotopic (exact) mass is 338 g/mol. The van der Waals surface area contributed by atoms with Crippen LogP contribution in [0.4, 0.5) is 0 Å². The molecule has 0 radical (unpaired) electrons. The van der Waals surface area contributed by atoms with Gasteiger partial charge >= 0.3 is 0 Å². The fourth-order valence-electron chi connectivity index (χ4n) is 2.01. The summed E-state index contributed by atoms with van der Waals surface area (Å²) in [5, 5.41) is 9.71. The fraction of sp³-hybridized carbons (Fsp3) is 0.231. The molecule has 0 saturated heterocycles. The van der Waals surface area contributed by atoms with Crippen molar-refractivity contribution < 1.29 is 13.2 Å². The molecule has 0 aliphatic rings. The van der Waals surface area contributed by atoms with Gasteiger partial charge in [-0.1, -0.05) is 0 Å². The zero-order chi connectivity index (χ0) is 15.6. The summed E-state index contributed by atoms with van der Waals surface area (Å²) in [6, 6.07) is 6.27. The van der Waals surface area contributed by atoms with Crippen LogP contribution in [0.3, 0.4) is 0 Å². The van der Waals surface area contributed by atoms with E-state index < -0.39 is 10.0 Å². The van der Waals surface area contributed by atoms with Crippen molar-refractivity contribution >= 4 is 26.3 Å². The van der Waals surface area contributed by atoms with Crippen molar-refractivity contribution in [2.75, 3.05) is 13.7 Å². The Labute approximate surface area is 131 Å². The number of methoxy groups -OCH3 is 1. The van der Waals surface area contributed by atoms with Crippen molar-refractivity contribution in [1.82, 2.24) is 19.3 Å². The second-order valence-electron chi connectivity index (χ2n) is 4.53. The van der Waals surface area contributed by atoms with Crippen molar-refractivity contribution in [3.63, 3.8) is 0 Å². The van der Waals surface area contributed by atoms with Crippen molar-refractivity contribution in [1.29, 1.82) is 0 Å². The number of ether oxygens (including phenoxy) is 1. The van der Waals surface area contributed by atoms with Gasteiger partial charge in [0.15, 0.2) is 0 Å². The highest BCUT2D eigenvalue weighted by molar-refractivity contribution is 7.89. The van der Waals surface area contributed by atoms with Crippen LogP contribution >= 0.6 is 11.3 Å². The minimum Gasteiger partial charge on any atom is -0.497 e. The smallest absolute Gasteiger partial charge is 0.240 e.